The molecule has 0 aliphatic carbocycles. The van der Waals surface area contributed by atoms with E-state index in [1.54, 1.807) is 0 Å². The first kappa shape index (κ1) is 24.5. The van der Waals surface area contributed by atoms with E-state index in [9.17, 15) is 0 Å². The van der Waals surface area contributed by atoms with E-state index in [-0.39, 0.29) is 0 Å². The highest BCUT2D eigenvalue weighted by Gasteiger charge is 2.24. The highest BCUT2D eigenvalue weighted by atomic mass is 16.7. The highest BCUT2D eigenvalue weighted by molar-refractivity contribution is 5.41. The summed E-state index contributed by atoms with van der Waals surface area (Å²) in [4.78, 5) is 4.46. The number of rotatable bonds is 10. The molecule has 0 spiro atoms. The van der Waals surface area contributed by atoms with Crippen LogP contribution in [0.4, 0.5) is 0 Å². The second-order valence-corrected chi connectivity index (χ2v) is 8.84. The molecular formula is C26H38N2O4. The molecule has 1 aromatic rings. The van der Waals surface area contributed by atoms with Gasteiger partial charge in [-0.15, -0.1) is 0 Å². The standard InChI is InChI=1S/C26H38N2O4/c1-7-20(3)24-22(8-2)16-27(18-29-24)12-14-31-26(5,6)32-15-13-28-17-23-11-9-10-21(4)25(23)30-19-28/h7-11H,2,12-19H2,1,3-6H3/b20-7-. The Morgan fingerprint density at radius 2 is 1.75 bits per heavy atom. The summed E-state index contributed by atoms with van der Waals surface area (Å²) in [5.74, 6) is 1.33. The Morgan fingerprint density at radius 1 is 1.09 bits per heavy atom. The first-order valence-corrected chi connectivity index (χ1v) is 11.4. The molecule has 2 heterocycles. The summed E-state index contributed by atoms with van der Waals surface area (Å²) >= 11 is 0. The molecule has 2 aliphatic rings. The maximum atomic E-state index is 6.04. The molecule has 0 unspecified atom stereocenters. The van der Waals surface area contributed by atoms with Gasteiger partial charge in [0.25, 0.3) is 0 Å². The minimum Gasteiger partial charge on any atom is -0.478 e. The van der Waals surface area contributed by atoms with Gasteiger partial charge in [-0.25, -0.2) is 0 Å². The van der Waals surface area contributed by atoms with Crippen LogP contribution in [0.1, 0.15) is 38.8 Å². The molecule has 3 rings (SSSR count). The van der Waals surface area contributed by atoms with Crippen LogP contribution in [-0.2, 0) is 20.8 Å². The molecule has 0 atom stereocenters. The number of ether oxygens (including phenoxy) is 4. The molecule has 0 N–H and O–H groups in total. The minimum atomic E-state index is -0.647. The van der Waals surface area contributed by atoms with Crippen LogP contribution in [0.5, 0.6) is 5.75 Å². The number of hydrogen-bond donors (Lipinski definition) is 0. The zero-order valence-corrected chi connectivity index (χ0v) is 20.3. The molecule has 0 aromatic heterocycles. The normalized spacial score (nSPS) is 18.2. The van der Waals surface area contributed by atoms with Gasteiger partial charge in [0.05, 0.1) is 13.2 Å². The molecule has 0 saturated carbocycles. The largest absolute Gasteiger partial charge is 0.478 e. The first-order chi connectivity index (χ1) is 15.3. The second-order valence-electron chi connectivity index (χ2n) is 8.84. The van der Waals surface area contributed by atoms with E-state index in [4.69, 9.17) is 18.9 Å². The fourth-order valence-corrected chi connectivity index (χ4v) is 3.92. The molecule has 6 nitrogen and oxygen atoms in total. The number of benzene rings is 1. The van der Waals surface area contributed by atoms with E-state index in [0.717, 1.165) is 48.8 Å². The Hall–Kier alpha value is -2.12. The third-order valence-corrected chi connectivity index (χ3v) is 5.91. The predicted octanol–water partition coefficient (Wildman–Crippen LogP) is 4.61. The number of para-hydroxylation sites is 1. The lowest BCUT2D eigenvalue weighted by Crippen LogP contribution is -2.40. The topological polar surface area (TPSA) is 43.4 Å². The van der Waals surface area contributed by atoms with E-state index >= 15 is 0 Å². The van der Waals surface area contributed by atoms with Crippen LogP contribution in [0.15, 0.2) is 53.8 Å². The summed E-state index contributed by atoms with van der Waals surface area (Å²) in [5, 5.41) is 0. The van der Waals surface area contributed by atoms with E-state index < -0.39 is 5.79 Å². The molecule has 2 aliphatic heterocycles. The highest BCUT2D eigenvalue weighted by Crippen LogP contribution is 2.28. The Labute approximate surface area is 193 Å². The monoisotopic (exact) mass is 442 g/mol. The number of allylic oxidation sites excluding steroid dienone is 2. The van der Waals surface area contributed by atoms with Gasteiger partial charge in [-0.05, 0) is 45.8 Å². The Morgan fingerprint density at radius 3 is 2.41 bits per heavy atom. The maximum absolute atomic E-state index is 6.04. The third-order valence-electron chi connectivity index (χ3n) is 5.91. The van der Waals surface area contributed by atoms with Crippen molar-refractivity contribution in [2.24, 2.45) is 0 Å². The van der Waals surface area contributed by atoms with Crippen LogP contribution < -0.4 is 4.74 Å². The summed E-state index contributed by atoms with van der Waals surface area (Å²) in [6, 6.07) is 6.30. The van der Waals surface area contributed by atoms with Crippen molar-refractivity contribution in [3.8, 4) is 5.75 Å². The average Bonchev–Trinajstić information content (AvgIpc) is 2.78. The van der Waals surface area contributed by atoms with E-state index in [1.165, 1.54) is 11.1 Å². The molecule has 0 amide bonds. The Balaban J connectivity index is 1.38. The zero-order valence-electron chi connectivity index (χ0n) is 20.3. The minimum absolute atomic E-state index is 0.554. The molecule has 1 aromatic carbocycles. The van der Waals surface area contributed by atoms with Gasteiger partial charge in [0.2, 0.25) is 0 Å². The maximum Gasteiger partial charge on any atom is 0.162 e. The molecule has 32 heavy (non-hydrogen) atoms. The van der Waals surface area contributed by atoms with Crippen molar-refractivity contribution >= 4 is 0 Å². The summed E-state index contributed by atoms with van der Waals surface area (Å²) < 4.78 is 24.0. The lowest BCUT2D eigenvalue weighted by molar-refractivity contribution is -0.217. The van der Waals surface area contributed by atoms with E-state index in [2.05, 4.69) is 54.5 Å². The smallest absolute Gasteiger partial charge is 0.162 e. The van der Waals surface area contributed by atoms with Gasteiger partial charge in [0.15, 0.2) is 5.79 Å². The van der Waals surface area contributed by atoms with Gasteiger partial charge in [-0.3, -0.25) is 9.80 Å². The van der Waals surface area contributed by atoms with Crippen molar-refractivity contribution in [1.29, 1.82) is 0 Å². The van der Waals surface area contributed by atoms with Crippen LogP contribution in [0.25, 0.3) is 0 Å². The van der Waals surface area contributed by atoms with Crippen LogP contribution >= 0.6 is 0 Å². The number of hydrogen-bond acceptors (Lipinski definition) is 6. The zero-order chi connectivity index (χ0) is 23.1. The fourth-order valence-electron chi connectivity index (χ4n) is 3.92. The average molecular weight is 443 g/mol. The molecule has 0 bridgehead atoms. The second kappa shape index (κ2) is 11.1. The SMILES string of the molecule is C=CC1=C(/C(C)=C\C)OCN(CCOC(C)(C)OCCN2COc3c(C)cccc3C2)C1. The van der Waals surface area contributed by atoms with Crippen LogP contribution in [0, 0.1) is 6.92 Å². The Bertz CT molecular complexity index is 859. The van der Waals surface area contributed by atoms with Gasteiger partial charge >= 0.3 is 0 Å². The van der Waals surface area contributed by atoms with Crippen molar-refractivity contribution in [3.05, 3.63) is 65.0 Å². The van der Waals surface area contributed by atoms with Crippen molar-refractivity contribution in [2.75, 3.05) is 46.3 Å². The van der Waals surface area contributed by atoms with Gasteiger partial charge < -0.3 is 18.9 Å². The predicted molar refractivity (Wildman–Crippen MR) is 127 cm³/mol. The number of nitrogens with zero attached hydrogens (tertiary/aromatic N) is 2. The van der Waals surface area contributed by atoms with Gasteiger partial charge in [-0.1, -0.05) is 36.9 Å². The van der Waals surface area contributed by atoms with Crippen molar-refractivity contribution in [3.63, 3.8) is 0 Å². The summed E-state index contributed by atoms with van der Waals surface area (Å²) in [5.41, 5.74) is 4.68. The Kier molecular flexibility index (Phi) is 8.54. The lowest BCUT2D eigenvalue weighted by Gasteiger charge is -2.33. The van der Waals surface area contributed by atoms with Crippen molar-refractivity contribution in [1.82, 2.24) is 9.80 Å². The molecular weight excluding hydrogens is 404 g/mol. The van der Waals surface area contributed by atoms with Crippen molar-refractivity contribution in [2.45, 2.75) is 47.0 Å². The van der Waals surface area contributed by atoms with Crippen LogP contribution in [-0.4, -0.2) is 61.9 Å². The van der Waals surface area contributed by atoms with Crippen LogP contribution in [0.2, 0.25) is 0 Å². The number of fused-ring (bicyclic) bond motifs is 1. The summed E-state index contributed by atoms with van der Waals surface area (Å²) in [7, 11) is 0. The van der Waals surface area contributed by atoms with Gasteiger partial charge in [0.1, 0.15) is 25.0 Å². The molecule has 0 radical (unpaired) electrons. The quantitative estimate of drug-likeness (QED) is 0.493. The van der Waals surface area contributed by atoms with Gasteiger partial charge in [0, 0.05) is 37.3 Å². The summed E-state index contributed by atoms with van der Waals surface area (Å²) in [6.07, 6.45) is 3.94. The van der Waals surface area contributed by atoms with Crippen molar-refractivity contribution < 1.29 is 18.9 Å². The molecule has 0 saturated heterocycles. The molecule has 176 valence electrons. The molecule has 6 heteroatoms. The molecule has 0 fully saturated rings. The third kappa shape index (κ3) is 6.45. The first-order valence-electron chi connectivity index (χ1n) is 11.4. The van der Waals surface area contributed by atoms with E-state index in [1.807, 2.05) is 26.8 Å². The van der Waals surface area contributed by atoms with E-state index in [0.29, 0.717) is 26.7 Å². The lowest BCUT2D eigenvalue weighted by atomic mass is 10.1. The van der Waals surface area contributed by atoms with Gasteiger partial charge in [-0.2, -0.15) is 0 Å². The number of aryl methyl sites for hydroxylation is 1. The fraction of sp³-hybridized carbons (Fsp3) is 0.538. The summed E-state index contributed by atoms with van der Waals surface area (Å²) in [6.45, 7) is 19.6. The van der Waals surface area contributed by atoms with Crippen LogP contribution in [0.3, 0.4) is 0 Å².